The van der Waals surface area contributed by atoms with E-state index in [4.69, 9.17) is 18.9 Å². The highest BCUT2D eigenvalue weighted by atomic mass is 16.7. The molecule has 1 N–H and O–H groups in total. The van der Waals surface area contributed by atoms with Crippen molar-refractivity contribution in [3.05, 3.63) is 0 Å². The van der Waals surface area contributed by atoms with Crippen molar-refractivity contribution in [2.75, 3.05) is 13.2 Å². The summed E-state index contributed by atoms with van der Waals surface area (Å²) in [6, 6.07) is 0. The van der Waals surface area contributed by atoms with Crippen LogP contribution in [0.15, 0.2) is 0 Å². The van der Waals surface area contributed by atoms with Crippen LogP contribution >= 0.6 is 0 Å². The fourth-order valence-electron chi connectivity index (χ4n) is 9.34. The molecule has 0 saturated heterocycles. The van der Waals surface area contributed by atoms with Crippen LogP contribution in [-0.2, 0) is 23.7 Å². The van der Waals surface area contributed by atoms with Gasteiger partial charge in [-0.2, -0.15) is 0 Å². The lowest BCUT2D eigenvalue weighted by atomic mass is 9.44. The Morgan fingerprint density at radius 1 is 0.900 bits per heavy atom. The molecule has 0 aromatic carbocycles. The first-order chi connectivity index (χ1) is 19.1. The van der Waals surface area contributed by atoms with Gasteiger partial charge in [-0.05, 0) is 114 Å². The van der Waals surface area contributed by atoms with Crippen molar-refractivity contribution in [3.8, 4) is 11.8 Å². The molecule has 4 rings (SSSR count). The summed E-state index contributed by atoms with van der Waals surface area (Å²) in [6.45, 7) is 14.7. The van der Waals surface area contributed by atoms with Crippen LogP contribution in [0.2, 0.25) is 0 Å². The fraction of sp³-hybridized carbons (Fsp3) is 0.912. The van der Waals surface area contributed by atoms with E-state index in [0.29, 0.717) is 41.8 Å². The molecule has 0 aromatic heterocycles. The van der Waals surface area contributed by atoms with Crippen LogP contribution in [0.25, 0.3) is 0 Å². The van der Waals surface area contributed by atoms with Crippen molar-refractivity contribution < 1.29 is 28.8 Å². The first-order valence-corrected chi connectivity index (χ1v) is 16.4. The second kappa shape index (κ2) is 13.4. The number of hydrogen-bond acceptors (Lipinski definition) is 5. The normalized spacial score (nSPS) is 40.2. The largest absolute Gasteiger partial charge is 0.472 e. The molecule has 0 radical (unpaired) electrons. The highest BCUT2D eigenvalue weighted by molar-refractivity contribution is 5.86. The molecule has 0 aliphatic heterocycles. The summed E-state index contributed by atoms with van der Waals surface area (Å²) in [4.78, 5) is 11.6. The minimum atomic E-state index is -1.08. The Balaban J connectivity index is 1.47. The Hall–Kier alpha value is -1.13. The molecule has 10 atom stereocenters. The van der Waals surface area contributed by atoms with Gasteiger partial charge in [0.15, 0.2) is 12.6 Å². The van der Waals surface area contributed by atoms with Gasteiger partial charge in [-0.15, -0.1) is 0 Å². The number of aliphatic carboxylic acids is 1. The van der Waals surface area contributed by atoms with E-state index in [1.807, 2.05) is 6.92 Å². The summed E-state index contributed by atoms with van der Waals surface area (Å²) in [5.41, 5.74) is -0.608. The molecule has 0 bridgehead atoms. The van der Waals surface area contributed by atoms with Crippen molar-refractivity contribution >= 4 is 5.97 Å². The first-order valence-electron chi connectivity index (χ1n) is 16.4. The lowest BCUT2D eigenvalue weighted by molar-refractivity contribution is -0.229. The molecule has 40 heavy (non-hydrogen) atoms. The highest BCUT2D eigenvalue weighted by Crippen LogP contribution is 2.69. The minimum absolute atomic E-state index is 0.125. The van der Waals surface area contributed by atoms with E-state index >= 15 is 0 Å². The number of carboxylic acid groups (broad SMARTS) is 1. The zero-order valence-electron chi connectivity index (χ0n) is 26.1. The van der Waals surface area contributed by atoms with E-state index in [0.717, 1.165) is 70.8 Å². The van der Waals surface area contributed by atoms with E-state index in [-0.39, 0.29) is 11.7 Å². The van der Waals surface area contributed by atoms with Crippen LogP contribution in [0.4, 0.5) is 0 Å². The highest BCUT2D eigenvalue weighted by Gasteiger charge is 2.65. The third-order valence-corrected chi connectivity index (χ3v) is 11.6. The average Bonchev–Trinajstić information content (AvgIpc) is 3.20. The van der Waals surface area contributed by atoms with Crippen molar-refractivity contribution in [3.63, 3.8) is 0 Å². The van der Waals surface area contributed by atoms with Gasteiger partial charge in [0.1, 0.15) is 5.60 Å². The molecule has 4 aliphatic carbocycles. The molecule has 4 fully saturated rings. The molecule has 228 valence electrons. The number of fused-ring (bicyclic) bond motifs is 5. The number of unbranched alkanes of at least 4 members (excludes halogenated alkanes) is 2. The van der Waals surface area contributed by atoms with Crippen LogP contribution in [0.5, 0.6) is 0 Å². The second-order valence-corrected chi connectivity index (χ2v) is 13.8. The molecule has 0 spiro atoms. The molecular formula is C34H56O6. The van der Waals surface area contributed by atoms with Crippen LogP contribution in [0.1, 0.15) is 125 Å². The van der Waals surface area contributed by atoms with Crippen LogP contribution in [0.3, 0.4) is 0 Å². The number of rotatable bonds is 12. The van der Waals surface area contributed by atoms with Crippen molar-refractivity contribution in [1.82, 2.24) is 0 Å². The second-order valence-electron chi connectivity index (χ2n) is 13.8. The van der Waals surface area contributed by atoms with Gasteiger partial charge in [-0.1, -0.05) is 46.5 Å². The third-order valence-electron chi connectivity index (χ3n) is 11.6. The Morgan fingerprint density at radius 2 is 1.57 bits per heavy atom. The van der Waals surface area contributed by atoms with Gasteiger partial charge >= 0.3 is 5.97 Å². The molecule has 6 heteroatoms. The summed E-state index contributed by atoms with van der Waals surface area (Å²) in [5.74, 6) is 7.11. The molecule has 6 nitrogen and oxygen atoms in total. The van der Waals surface area contributed by atoms with Gasteiger partial charge in [-0.3, -0.25) is 0 Å². The average molecular weight is 561 g/mol. The maximum atomic E-state index is 11.6. The Kier molecular flexibility index (Phi) is 10.7. The maximum Gasteiger partial charge on any atom is 0.382 e. The van der Waals surface area contributed by atoms with Gasteiger partial charge in [0.25, 0.3) is 0 Å². The van der Waals surface area contributed by atoms with Gasteiger partial charge in [-0.25, -0.2) is 4.79 Å². The van der Waals surface area contributed by atoms with Crippen LogP contribution in [0, 0.1) is 46.3 Å². The summed E-state index contributed by atoms with van der Waals surface area (Å²) in [7, 11) is 0. The zero-order chi connectivity index (χ0) is 29.0. The molecule has 0 heterocycles. The van der Waals surface area contributed by atoms with Gasteiger partial charge in [0, 0.05) is 24.5 Å². The number of carbonyl (C=O) groups is 1. The van der Waals surface area contributed by atoms with Gasteiger partial charge < -0.3 is 24.1 Å². The Labute approximate surface area is 243 Å². The predicted octanol–water partition coefficient (Wildman–Crippen LogP) is 7.58. The zero-order valence-corrected chi connectivity index (χ0v) is 26.1. The molecular weight excluding hydrogens is 504 g/mol. The topological polar surface area (TPSA) is 74.2 Å². The summed E-state index contributed by atoms with van der Waals surface area (Å²) < 4.78 is 25.0. The lowest BCUT2D eigenvalue weighted by Crippen LogP contribution is -2.57. The predicted molar refractivity (Wildman–Crippen MR) is 156 cm³/mol. The van der Waals surface area contributed by atoms with E-state index in [9.17, 15) is 9.90 Å². The molecule has 4 saturated carbocycles. The van der Waals surface area contributed by atoms with Gasteiger partial charge in [0.2, 0.25) is 0 Å². The van der Waals surface area contributed by atoms with Crippen molar-refractivity contribution in [1.29, 1.82) is 0 Å². The number of ether oxygens (including phenoxy) is 4. The lowest BCUT2D eigenvalue weighted by Gasteiger charge is -2.61. The first kappa shape index (κ1) is 31.8. The third kappa shape index (κ3) is 6.43. The quantitative estimate of drug-likeness (QED) is 0.151. The number of carboxylic acids is 1. The SMILES string of the molecule is CCCCOC(C)OC1CC[C@@]2(C)C(CC[C@@H]3[C@@H]2CC[C@@]2(C)[C@H]3CC[C@@]2(C#CC(=O)O)OC(C)OCCCC)C1. The molecule has 4 unspecified atom stereocenters. The van der Waals surface area contributed by atoms with E-state index in [1.165, 1.54) is 19.3 Å². The van der Waals surface area contributed by atoms with Crippen molar-refractivity contribution in [2.24, 2.45) is 34.5 Å². The standard InChI is InChI=1S/C34H56O6/c1-7-9-21-37-24(3)39-27-13-17-32(5)26(23-27)11-12-28-29(32)14-18-33(6)30(28)15-19-34(33,20-16-31(35)36)40-25(4)38-22-10-8-2/h24-30H,7-15,17-19,21-23H2,1-6H3,(H,35,36)/t24?,25?,26?,27?,28-,29+,30+,32+,33+,34+/m1/s1. The molecule has 4 aliphatic rings. The van der Waals surface area contributed by atoms with Crippen molar-refractivity contribution in [2.45, 2.75) is 149 Å². The monoisotopic (exact) mass is 560 g/mol. The summed E-state index contributed by atoms with van der Waals surface area (Å²) >= 11 is 0. The summed E-state index contributed by atoms with van der Waals surface area (Å²) in [5, 5.41) is 9.48. The Morgan fingerprint density at radius 3 is 2.25 bits per heavy atom. The van der Waals surface area contributed by atoms with Crippen LogP contribution in [-0.4, -0.2) is 48.6 Å². The minimum Gasteiger partial charge on any atom is -0.472 e. The molecule has 0 aromatic rings. The number of hydrogen-bond donors (Lipinski definition) is 1. The maximum absolute atomic E-state index is 11.6. The van der Waals surface area contributed by atoms with Crippen LogP contribution < -0.4 is 0 Å². The van der Waals surface area contributed by atoms with Gasteiger partial charge in [0.05, 0.1) is 6.10 Å². The fourth-order valence-corrected chi connectivity index (χ4v) is 9.34. The Bertz CT molecular complexity index is 910. The molecule has 0 amide bonds. The van der Waals surface area contributed by atoms with E-state index in [1.54, 1.807) is 0 Å². The smallest absolute Gasteiger partial charge is 0.382 e. The summed E-state index contributed by atoms with van der Waals surface area (Å²) in [6.07, 6.45) is 14.0. The van der Waals surface area contributed by atoms with E-state index in [2.05, 4.69) is 46.5 Å². The van der Waals surface area contributed by atoms with E-state index < -0.39 is 17.9 Å².